The smallest absolute Gasteiger partial charge is 0.169 e. The number of carbonyl (C=O) groups excluding carboxylic acids is 1. The van der Waals surface area contributed by atoms with Gasteiger partial charge in [-0.2, -0.15) is 0 Å². The topological polar surface area (TPSA) is 54.0 Å². The highest BCUT2D eigenvalue weighted by Crippen LogP contribution is 2.63. The minimum atomic E-state index is -0.521. The lowest BCUT2D eigenvalue weighted by Gasteiger charge is -2.45. The van der Waals surface area contributed by atoms with Gasteiger partial charge in [-0.15, -0.1) is 0 Å². The third-order valence-electron chi connectivity index (χ3n) is 7.95. The summed E-state index contributed by atoms with van der Waals surface area (Å²) >= 11 is 0. The fourth-order valence-electron chi connectivity index (χ4n) is 6.59. The molecule has 5 rings (SSSR count). The minimum Gasteiger partial charge on any atom is -0.348 e. The number of fused-ring (bicyclic) bond motifs is 3. The Labute approximate surface area is 161 Å². The van der Waals surface area contributed by atoms with Crippen molar-refractivity contribution in [2.45, 2.75) is 76.8 Å². The second-order valence-electron chi connectivity index (χ2n) is 9.65. The molecule has 0 radical (unpaired) electrons. The van der Waals surface area contributed by atoms with E-state index in [1.165, 1.54) is 5.57 Å². The van der Waals surface area contributed by atoms with Crippen molar-refractivity contribution >= 4 is 5.78 Å². The zero-order valence-electron chi connectivity index (χ0n) is 16.7. The van der Waals surface area contributed by atoms with Gasteiger partial charge in [0.05, 0.1) is 26.4 Å². The number of hydrogen-bond donors (Lipinski definition) is 0. The minimum absolute atomic E-state index is 0.271. The van der Waals surface area contributed by atoms with E-state index in [1.54, 1.807) is 0 Å². The maximum atomic E-state index is 12.8. The molecule has 0 aromatic heterocycles. The van der Waals surface area contributed by atoms with Gasteiger partial charge in [-0.05, 0) is 55.4 Å². The van der Waals surface area contributed by atoms with Crippen molar-refractivity contribution in [3.05, 3.63) is 11.1 Å². The molecule has 0 unspecified atom stereocenters. The monoisotopic (exact) mass is 376 g/mol. The second-order valence-corrected chi connectivity index (χ2v) is 9.65. The van der Waals surface area contributed by atoms with Crippen molar-refractivity contribution in [3.8, 4) is 0 Å². The fourth-order valence-corrected chi connectivity index (χ4v) is 6.59. The average Bonchev–Trinajstić information content (AvgIpc) is 3.33. The molecule has 4 fully saturated rings. The summed E-state index contributed by atoms with van der Waals surface area (Å²) in [6, 6.07) is 0. The molecule has 0 N–H and O–H groups in total. The summed E-state index contributed by atoms with van der Waals surface area (Å²) < 4.78 is 23.7. The predicted molar refractivity (Wildman–Crippen MR) is 99.0 cm³/mol. The van der Waals surface area contributed by atoms with Gasteiger partial charge in [0.15, 0.2) is 17.4 Å². The van der Waals surface area contributed by atoms with Gasteiger partial charge in [0, 0.05) is 25.7 Å². The predicted octanol–water partition coefficient (Wildman–Crippen LogP) is 3.76. The Morgan fingerprint density at radius 1 is 1.00 bits per heavy atom. The van der Waals surface area contributed by atoms with Gasteiger partial charge in [-0.1, -0.05) is 12.5 Å². The summed E-state index contributed by atoms with van der Waals surface area (Å²) in [5.74, 6) is 0.564. The van der Waals surface area contributed by atoms with Crippen LogP contribution < -0.4 is 0 Å². The molecule has 0 amide bonds. The standard InChI is InChI=1S/C22H32O5/c1-20-7-5-15-16(18(20)13-22(14-20)26-11-12-27-22)3-4-19(23)17(15)6-8-21(2)24-9-10-25-21/h16,18H,3-14H2,1-2H3/t16-,18+,20-/m1/s1. The van der Waals surface area contributed by atoms with Crippen LogP contribution in [0, 0.1) is 17.3 Å². The number of ether oxygens (including phenoxy) is 4. The molecule has 150 valence electrons. The van der Waals surface area contributed by atoms with Crippen LogP contribution in [0.15, 0.2) is 11.1 Å². The van der Waals surface area contributed by atoms with E-state index in [0.717, 1.165) is 63.7 Å². The van der Waals surface area contributed by atoms with Gasteiger partial charge in [0.1, 0.15) is 0 Å². The van der Waals surface area contributed by atoms with E-state index in [9.17, 15) is 4.79 Å². The van der Waals surface area contributed by atoms with Crippen molar-refractivity contribution < 1.29 is 23.7 Å². The zero-order chi connectivity index (χ0) is 18.7. The highest BCUT2D eigenvalue weighted by molar-refractivity contribution is 5.97. The molecule has 2 heterocycles. The van der Waals surface area contributed by atoms with Gasteiger partial charge in [-0.3, -0.25) is 4.79 Å². The highest BCUT2D eigenvalue weighted by atomic mass is 16.7. The van der Waals surface area contributed by atoms with Crippen molar-refractivity contribution in [2.24, 2.45) is 17.3 Å². The number of Topliss-reactive ketones (excluding diaryl/α,β-unsaturated/α-hetero) is 1. The van der Waals surface area contributed by atoms with E-state index in [0.29, 0.717) is 37.3 Å². The third kappa shape index (κ3) is 3.02. The lowest BCUT2D eigenvalue weighted by Crippen LogP contribution is -2.38. The Balaban J connectivity index is 1.40. The molecule has 0 aromatic rings. The van der Waals surface area contributed by atoms with Crippen LogP contribution in [-0.4, -0.2) is 43.8 Å². The molecule has 0 bridgehead atoms. The van der Waals surface area contributed by atoms with Crippen LogP contribution in [0.25, 0.3) is 0 Å². The van der Waals surface area contributed by atoms with Gasteiger partial charge >= 0.3 is 0 Å². The first kappa shape index (κ1) is 18.3. The summed E-state index contributed by atoms with van der Waals surface area (Å²) in [6.45, 7) is 7.18. The molecule has 2 aliphatic heterocycles. The third-order valence-corrected chi connectivity index (χ3v) is 7.95. The summed E-state index contributed by atoms with van der Waals surface area (Å²) in [4.78, 5) is 12.8. The van der Waals surface area contributed by atoms with Crippen molar-refractivity contribution in [1.29, 1.82) is 0 Å². The van der Waals surface area contributed by atoms with Gasteiger partial charge in [0.2, 0.25) is 0 Å². The van der Waals surface area contributed by atoms with E-state index in [1.807, 2.05) is 6.92 Å². The van der Waals surface area contributed by atoms with Crippen molar-refractivity contribution in [2.75, 3.05) is 26.4 Å². The summed E-state index contributed by atoms with van der Waals surface area (Å²) in [6.07, 6.45) is 7.42. The number of allylic oxidation sites excluding steroid dienone is 2. The second kappa shape index (κ2) is 6.38. The molecule has 27 heavy (non-hydrogen) atoms. The summed E-state index contributed by atoms with van der Waals surface area (Å²) in [5, 5.41) is 0. The van der Waals surface area contributed by atoms with Gasteiger partial charge < -0.3 is 18.9 Å². The Kier molecular flexibility index (Phi) is 4.32. The van der Waals surface area contributed by atoms with Crippen LogP contribution in [0.3, 0.4) is 0 Å². The average molecular weight is 376 g/mol. The normalized spacial score (nSPS) is 39.9. The van der Waals surface area contributed by atoms with Crippen LogP contribution in [-0.2, 0) is 23.7 Å². The highest BCUT2D eigenvalue weighted by Gasteiger charge is 2.59. The first-order valence-corrected chi connectivity index (χ1v) is 10.7. The molecule has 3 aliphatic carbocycles. The van der Waals surface area contributed by atoms with E-state index >= 15 is 0 Å². The summed E-state index contributed by atoms with van der Waals surface area (Å²) in [7, 11) is 0. The molecule has 2 saturated carbocycles. The Hall–Kier alpha value is -0.750. The molecule has 1 spiro atoms. The SMILES string of the molecule is CC1(CCC2=C3CC[C@]4(C)CC5(C[C@H]4[C@@H]3CCC2=O)OCCO5)OCCO1. The first-order chi connectivity index (χ1) is 12.9. The van der Waals surface area contributed by atoms with Crippen LogP contribution in [0.1, 0.15) is 65.2 Å². The van der Waals surface area contributed by atoms with E-state index in [-0.39, 0.29) is 11.2 Å². The van der Waals surface area contributed by atoms with Crippen LogP contribution in [0.2, 0.25) is 0 Å². The maximum absolute atomic E-state index is 12.8. The number of hydrogen-bond acceptors (Lipinski definition) is 5. The first-order valence-electron chi connectivity index (χ1n) is 10.7. The van der Waals surface area contributed by atoms with E-state index < -0.39 is 5.79 Å². The Bertz CT molecular complexity index is 656. The van der Waals surface area contributed by atoms with Gasteiger partial charge in [-0.25, -0.2) is 0 Å². The van der Waals surface area contributed by atoms with E-state index in [4.69, 9.17) is 18.9 Å². The lowest BCUT2D eigenvalue weighted by atomic mass is 9.58. The molecule has 3 atom stereocenters. The molecule has 2 saturated heterocycles. The number of ketones is 1. The van der Waals surface area contributed by atoms with Crippen molar-refractivity contribution in [3.63, 3.8) is 0 Å². The maximum Gasteiger partial charge on any atom is 0.169 e. The molecule has 5 nitrogen and oxygen atoms in total. The zero-order valence-corrected chi connectivity index (χ0v) is 16.7. The Morgan fingerprint density at radius 2 is 1.70 bits per heavy atom. The van der Waals surface area contributed by atoms with Crippen LogP contribution in [0.5, 0.6) is 0 Å². The molecule has 5 aliphatic rings. The molecule has 5 heteroatoms. The molecular weight excluding hydrogens is 344 g/mol. The van der Waals surface area contributed by atoms with E-state index in [2.05, 4.69) is 6.92 Å². The Morgan fingerprint density at radius 3 is 2.44 bits per heavy atom. The lowest BCUT2D eigenvalue weighted by molar-refractivity contribution is -0.157. The van der Waals surface area contributed by atoms with Crippen LogP contribution >= 0.6 is 0 Å². The number of carbonyl (C=O) groups is 1. The summed E-state index contributed by atoms with van der Waals surface area (Å²) in [5.41, 5.74) is 2.79. The van der Waals surface area contributed by atoms with Crippen LogP contribution in [0.4, 0.5) is 0 Å². The molecular formula is C22H32O5. The number of rotatable bonds is 3. The largest absolute Gasteiger partial charge is 0.348 e. The molecule has 0 aromatic carbocycles. The quantitative estimate of drug-likeness (QED) is 0.751. The fraction of sp³-hybridized carbons (Fsp3) is 0.864. The van der Waals surface area contributed by atoms with Gasteiger partial charge in [0.25, 0.3) is 0 Å². The van der Waals surface area contributed by atoms with Crippen molar-refractivity contribution in [1.82, 2.24) is 0 Å².